The van der Waals surface area contributed by atoms with Gasteiger partial charge in [-0.1, -0.05) is 12.1 Å². The van der Waals surface area contributed by atoms with Crippen molar-refractivity contribution in [1.82, 2.24) is 14.8 Å². The summed E-state index contributed by atoms with van der Waals surface area (Å²) < 4.78 is 14.5. The maximum absolute atomic E-state index is 12.8. The predicted octanol–water partition coefficient (Wildman–Crippen LogP) is 2.59. The third-order valence-electron chi connectivity index (χ3n) is 3.06. The molecule has 0 atom stereocenters. The molecule has 5 nitrogen and oxygen atoms in total. The third kappa shape index (κ3) is 3.35. The number of pyridine rings is 1. The molecule has 110 valence electrons. The second kappa shape index (κ2) is 6.17. The number of anilines is 1. The number of nitrogens with zero attached hydrogens (tertiary/aromatic N) is 3. The van der Waals surface area contributed by atoms with E-state index in [4.69, 9.17) is 0 Å². The summed E-state index contributed by atoms with van der Waals surface area (Å²) in [5.41, 5.74) is 1.60. The van der Waals surface area contributed by atoms with E-state index in [2.05, 4.69) is 15.4 Å². The van der Waals surface area contributed by atoms with Crippen LogP contribution < -0.4 is 5.32 Å². The Morgan fingerprint density at radius 2 is 1.82 bits per heavy atom. The number of carbonyl (C=O) groups is 1. The van der Waals surface area contributed by atoms with Crippen molar-refractivity contribution in [2.24, 2.45) is 0 Å². The Hall–Kier alpha value is -3.02. The van der Waals surface area contributed by atoms with Gasteiger partial charge in [-0.05, 0) is 29.8 Å². The lowest BCUT2D eigenvalue weighted by molar-refractivity contribution is -0.115. The average Bonchev–Trinajstić information content (AvgIpc) is 2.99. The number of aromatic nitrogens is 3. The Bertz CT molecular complexity index is 768. The molecule has 1 amide bonds. The minimum Gasteiger partial charge on any atom is -0.309 e. The highest BCUT2D eigenvalue weighted by atomic mass is 19.1. The van der Waals surface area contributed by atoms with Crippen LogP contribution in [-0.4, -0.2) is 20.7 Å². The fourth-order valence-corrected chi connectivity index (χ4v) is 2.01. The zero-order valence-corrected chi connectivity index (χ0v) is 11.6. The number of rotatable bonds is 4. The maximum Gasteiger partial charge on any atom is 0.229 e. The molecule has 2 aromatic heterocycles. The Kier molecular flexibility index (Phi) is 3.91. The molecule has 0 saturated heterocycles. The number of benzene rings is 1. The number of amides is 1. The van der Waals surface area contributed by atoms with Gasteiger partial charge in [-0.25, -0.2) is 9.07 Å². The van der Waals surface area contributed by atoms with Crippen LogP contribution in [0.3, 0.4) is 0 Å². The number of hydrogen-bond donors (Lipinski definition) is 1. The van der Waals surface area contributed by atoms with Crippen molar-refractivity contribution in [3.05, 3.63) is 72.4 Å². The quantitative estimate of drug-likeness (QED) is 0.805. The van der Waals surface area contributed by atoms with E-state index in [-0.39, 0.29) is 18.1 Å². The molecule has 3 aromatic rings. The molecule has 1 N–H and O–H groups in total. The van der Waals surface area contributed by atoms with Gasteiger partial charge in [0, 0.05) is 24.7 Å². The predicted molar refractivity (Wildman–Crippen MR) is 80.1 cm³/mol. The maximum atomic E-state index is 12.8. The molecule has 3 rings (SSSR count). The first-order valence-corrected chi connectivity index (χ1v) is 6.71. The molecule has 0 fully saturated rings. The SMILES string of the molecule is O=C(Cc1ccc(F)cc1)Nc1ccn(-c2ccncc2)n1. The summed E-state index contributed by atoms with van der Waals surface area (Å²) in [7, 11) is 0. The van der Waals surface area contributed by atoms with Gasteiger partial charge in [-0.3, -0.25) is 9.78 Å². The Labute approximate surface area is 126 Å². The monoisotopic (exact) mass is 296 g/mol. The van der Waals surface area contributed by atoms with E-state index in [1.165, 1.54) is 12.1 Å². The van der Waals surface area contributed by atoms with Crippen LogP contribution in [0.4, 0.5) is 10.2 Å². The van der Waals surface area contributed by atoms with E-state index < -0.39 is 0 Å². The highest BCUT2D eigenvalue weighted by Crippen LogP contribution is 2.10. The lowest BCUT2D eigenvalue weighted by Crippen LogP contribution is -2.15. The number of carbonyl (C=O) groups excluding carboxylic acids is 1. The van der Waals surface area contributed by atoms with Crippen molar-refractivity contribution >= 4 is 11.7 Å². The largest absolute Gasteiger partial charge is 0.309 e. The van der Waals surface area contributed by atoms with Gasteiger partial charge in [-0.15, -0.1) is 0 Å². The van der Waals surface area contributed by atoms with Gasteiger partial charge in [0.1, 0.15) is 5.82 Å². The lowest BCUT2D eigenvalue weighted by atomic mass is 10.1. The molecule has 0 bridgehead atoms. The molecule has 0 aliphatic heterocycles. The normalized spacial score (nSPS) is 10.4. The molecule has 0 unspecified atom stereocenters. The average molecular weight is 296 g/mol. The molecule has 22 heavy (non-hydrogen) atoms. The third-order valence-corrected chi connectivity index (χ3v) is 3.06. The van der Waals surface area contributed by atoms with Crippen LogP contribution >= 0.6 is 0 Å². The first-order chi connectivity index (χ1) is 10.7. The van der Waals surface area contributed by atoms with Gasteiger partial charge in [0.2, 0.25) is 5.91 Å². The fraction of sp³-hybridized carbons (Fsp3) is 0.0625. The van der Waals surface area contributed by atoms with Gasteiger partial charge in [-0.2, -0.15) is 5.10 Å². The summed E-state index contributed by atoms with van der Waals surface area (Å²) in [6.45, 7) is 0. The highest BCUT2D eigenvalue weighted by Gasteiger charge is 2.07. The van der Waals surface area contributed by atoms with E-state index in [0.717, 1.165) is 11.3 Å². The topological polar surface area (TPSA) is 59.8 Å². The molecular formula is C16H13FN4O. The van der Waals surface area contributed by atoms with Crippen LogP contribution in [0.25, 0.3) is 5.69 Å². The summed E-state index contributed by atoms with van der Waals surface area (Å²) in [4.78, 5) is 15.9. The summed E-state index contributed by atoms with van der Waals surface area (Å²) in [6.07, 6.45) is 5.26. The van der Waals surface area contributed by atoms with Crippen molar-refractivity contribution < 1.29 is 9.18 Å². The minimum atomic E-state index is -0.319. The molecular weight excluding hydrogens is 283 g/mol. The zero-order chi connectivity index (χ0) is 15.4. The van der Waals surface area contributed by atoms with E-state index in [9.17, 15) is 9.18 Å². The molecule has 0 aliphatic rings. The number of nitrogens with one attached hydrogen (secondary N) is 1. The summed E-state index contributed by atoms with van der Waals surface area (Å²) in [6, 6.07) is 11.2. The Balaban J connectivity index is 1.65. The standard InChI is InChI=1S/C16H13FN4O/c17-13-3-1-12(2-4-13)11-16(22)19-15-7-10-21(20-15)14-5-8-18-9-6-14/h1-10H,11H2,(H,19,20,22). The zero-order valence-electron chi connectivity index (χ0n) is 11.6. The molecule has 2 heterocycles. The number of hydrogen-bond acceptors (Lipinski definition) is 3. The molecule has 0 radical (unpaired) electrons. The summed E-state index contributed by atoms with van der Waals surface area (Å²) >= 11 is 0. The van der Waals surface area contributed by atoms with Crippen molar-refractivity contribution in [2.75, 3.05) is 5.32 Å². The molecule has 0 saturated carbocycles. The van der Waals surface area contributed by atoms with Gasteiger partial charge >= 0.3 is 0 Å². The summed E-state index contributed by atoms with van der Waals surface area (Å²) in [5.74, 6) is -0.0595. The molecule has 1 aromatic carbocycles. The van der Waals surface area contributed by atoms with Gasteiger partial charge in [0.25, 0.3) is 0 Å². The van der Waals surface area contributed by atoms with Crippen molar-refractivity contribution in [2.45, 2.75) is 6.42 Å². The van der Waals surface area contributed by atoms with Crippen molar-refractivity contribution in [3.8, 4) is 5.69 Å². The molecule has 0 aliphatic carbocycles. The van der Waals surface area contributed by atoms with Crippen molar-refractivity contribution in [3.63, 3.8) is 0 Å². The van der Waals surface area contributed by atoms with Crippen molar-refractivity contribution in [1.29, 1.82) is 0 Å². The van der Waals surface area contributed by atoms with Crippen LogP contribution in [-0.2, 0) is 11.2 Å². The number of halogens is 1. The van der Waals surface area contributed by atoms with Gasteiger partial charge in [0.05, 0.1) is 12.1 Å². The van der Waals surface area contributed by atoms with Gasteiger partial charge < -0.3 is 5.32 Å². The van der Waals surface area contributed by atoms with Crippen LogP contribution in [0.15, 0.2) is 61.1 Å². The smallest absolute Gasteiger partial charge is 0.229 e. The minimum absolute atomic E-state index is 0.169. The fourth-order valence-electron chi connectivity index (χ4n) is 2.01. The molecule has 6 heteroatoms. The van der Waals surface area contributed by atoms with Crippen LogP contribution in [0.1, 0.15) is 5.56 Å². The van der Waals surface area contributed by atoms with Gasteiger partial charge in [0.15, 0.2) is 5.82 Å². The van der Waals surface area contributed by atoms with Crippen LogP contribution in [0.2, 0.25) is 0 Å². The van der Waals surface area contributed by atoms with Crippen LogP contribution in [0.5, 0.6) is 0 Å². The van der Waals surface area contributed by atoms with E-state index in [1.54, 1.807) is 41.5 Å². The van der Waals surface area contributed by atoms with E-state index in [0.29, 0.717) is 5.82 Å². The molecule has 0 spiro atoms. The lowest BCUT2D eigenvalue weighted by Gasteiger charge is -2.03. The first kappa shape index (κ1) is 13.9. The van der Waals surface area contributed by atoms with E-state index in [1.807, 2.05) is 12.1 Å². The van der Waals surface area contributed by atoms with Crippen LogP contribution in [0, 0.1) is 5.82 Å². The van der Waals surface area contributed by atoms with E-state index >= 15 is 0 Å². The summed E-state index contributed by atoms with van der Waals surface area (Å²) in [5, 5.41) is 6.99. The Morgan fingerprint density at radius 3 is 2.55 bits per heavy atom. The first-order valence-electron chi connectivity index (χ1n) is 6.71. The highest BCUT2D eigenvalue weighted by molar-refractivity contribution is 5.91. The Morgan fingerprint density at radius 1 is 1.09 bits per heavy atom. The second-order valence-electron chi connectivity index (χ2n) is 4.70. The second-order valence-corrected chi connectivity index (χ2v) is 4.70.